The second-order valence-electron chi connectivity index (χ2n) is 4.90. The lowest BCUT2D eigenvalue weighted by Gasteiger charge is -2.21. The summed E-state index contributed by atoms with van der Waals surface area (Å²) in [4.78, 5) is 0. The monoisotopic (exact) mass is 274 g/mol. The van der Waals surface area contributed by atoms with E-state index in [0.29, 0.717) is 22.7 Å². The topological polar surface area (TPSA) is 0 Å². The summed E-state index contributed by atoms with van der Waals surface area (Å²) in [7, 11) is 0. The van der Waals surface area contributed by atoms with Crippen molar-refractivity contribution < 1.29 is 4.39 Å². The SMILES string of the molecule is Fc1ccc(CC(CCl)C2CCCC2)c(Cl)c1. The third-order valence-electron chi connectivity index (χ3n) is 3.76. The summed E-state index contributed by atoms with van der Waals surface area (Å²) < 4.78 is 13.0. The van der Waals surface area contributed by atoms with Gasteiger partial charge in [0.1, 0.15) is 5.82 Å². The molecule has 0 amide bonds. The van der Waals surface area contributed by atoms with Gasteiger partial charge < -0.3 is 0 Å². The molecule has 1 unspecified atom stereocenters. The molecule has 0 aromatic heterocycles. The Morgan fingerprint density at radius 2 is 2.00 bits per heavy atom. The van der Waals surface area contributed by atoms with E-state index in [1.807, 2.05) is 0 Å². The fourth-order valence-electron chi connectivity index (χ4n) is 2.75. The zero-order chi connectivity index (χ0) is 12.3. The summed E-state index contributed by atoms with van der Waals surface area (Å²) in [6, 6.07) is 4.64. The van der Waals surface area contributed by atoms with Gasteiger partial charge in [0.25, 0.3) is 0 Å². The summed E-state index contributed by atoms with van der Waals surface area (Å²) in [6.45, 7) is 0. The van der Waals surface area contributed by atoms with Crippen molar-refractivity contribution in [3.63, 3.8) is 0 Å². The summed E-state index contributed by atoms with van der Waals surface area (Å²) in [6.07, 6.45) is 6.05. The molecule has 2 rings (SSSR count). The molecule has 0 bridgehead atoms. The van der Waals surface area contributed by atoms with E-state index >= 15 is 0 Å². The molecule has 1 fully saturated rings. The average molecular weight is 275 g/mol. The zero-order valence-corrected chi connectivity index (χ0v) is 11.3. The molecule has 1 aliphatic carbocycles. The van der Waals surface area contributed by atoms with E-state index in [9.17, 15) is 4.39 Å². The van der Waals surface area contributed by atoms with Crippen LogP contribution in [-0.2, 0) is 6.42 Å². The van der Waals surface area contributed by atoms with Crippen LogP contribution in [0, 0.1) is 17.7 Å². The summed E-state index contributed by atoms with van der Waals surface area (Å²) in [5.41, 5.74) is 1.02. The highest BCUT2D eigenvalue weighted by molar-refractivity contribution is 6.31. The van der Waals surface area contributed by atoms with Gasteiger partial charge in [0, 0.05) is 10.9 Å². The van der Waals surface area contributed by atoms with Gasteiger partial charge in [0.15, 0.2) is 0 Å². The van der Waals surface area contributed by atoms with Gasteiger partial charge in [-0.1, -0.05) is 43.4 Å². The van der Waals surface area contributed by atoms with Crippen LogP contribution in [0.1, 0.15) is 31.2 Å². The van der Waals surface area contributed by atoms with Crippen LogP contribution in [0.15, 0.2) is 18.2 Å². The number of halogens is 3. The number of rotatable bonds is 4. The van der Waals surface area contributed by atoms with Crippen molar-refractivity contribution in [2.75, 3.05) is 5.88 Å². The van der Waals surface area contributed by atoms with Crippen LogP contribution in [0.25, 0.3) is 0 Å². The van der Waals surface area contributed by atoms with Gasteiger partial charge in [-0.25, -0.2) is 4.39 Å². The van der Waals surface area contributed by atoms with Crippen LogP contribution >= 0.6 is 23.2 Å². The van der Waals surface area contributed by atoms with Crippen LogP contribution in [0.4, 0.5) is 4.39 Å². The highest BCUT2D eigenvalue weighted by Gasteiger charge is 2.25. The third kappa shape index (κ3) is 3.35. The third-order valence-corrected chi connectivity index (χ3v) is 4.51. The molecule has 3 heteroatoms. The fraction of sp³-hybridized carbons (Fsp3) is 0.571. The molecule has 1 atom stereocenters. The van der Waals surface area contributed by atoms with Gasteiger partial charge in [-0.2, -0.15) is 0 Å². The Hall–Kier alpha value is -0.270. The molecule has 17 heavy (non-hydrogen) atoms. The van der Waals surface area contributed by atoms with Crippen molar-refractivity contribution in [3.05, 3.63) is 34.6 Å². The molecule has 1 aromatic rings. The molecule has 1 saturated carbocycles. The first-order chi connectivity index (χ1) is 8.20. The molecule has 0 heterocycles. The lowest BCUT2D eigenvalue weighted by atomic mass is 9.87. The minimum absolute atomic E-state index is 0.276. The Morgan fingerprint density at radius 3 is 2.59 bits per heavy atom. The van der Waals surface area contributed by atoms with Crippen LogP contribution in [0.3, 0.4) is 0 Å². The molecule has 0 N–H and O–H groups in total. The molecule has 0 saturated heterocycles. The minimum Gasteiger partial charge on any atom is -0.207 e. The van der Waals surface area contributed by atoms with Gasteiger partial charge in [-0.05, 0) is 36.0 Å². The second kappa shape index (κ2) is 6.06. The van der Waals surface area contributed by atoms with Crippen LogP contribution < -0.4 is 0 Å². The van der Waals surface area contributed by atoms with Crippen molar-refractivity contribution in [1.29, 1.82) is 0 Å². The maximum absolute atomic E-state index is 13.0. The predicted molar refractivity (Wildman–Crippen MR) is 71.3 cm³/mol. The van der Waals surface area contributed by atoms with E-state index in [2.05, 4.69) is 0 Å². The van der Waals surface area contributed by atoms with Gasteiger partial charge >= 0.3 is 0 Å². The van der Waals surface area contributed by atoms with Gasteiger partial charge in [-0.15, -0.1) is 11.6 Å². The maximum Gasteiger partial charge on any atom is 0.124 e. The Bertz CT molecular complexity index is 372. The predicted octanol–water partition coefficient (Wildman–Crippen LogP) is 5.07. The molecular weight excluding hydrogens is 258 g/mol. The molecule has 0 spiro atoms. The quantitative estimate of drug-likeness (QED) is 0.673. The molecule has 94 valence electrons. The van der Waals surface area contributed by atoms with Crippen molar-refractivity contribution in [2.24, 2.45) is 11.8 Å². The summed E-state index contributed by atoms with van der Waals surface area (Å²) in [5.74, 6) is 1.58. The lowest BCUT2D eigenvalue weighted by molar-refractivity contribution is 0.369. The Morgan fingerprint density at radius 1 is 1.29 bits per heavy atom. The van der Waals surface area contributed by atoms with E-state index < -0.39 is 0 Å². The van der Waals surface area contributed by atoms with Gasteiger partial charge in [0.05, 0.1) is 0 Å². The molecule has 0 radical (unpaired) electrons. The van der Waals surface area contributed by atoms with E-state index in [-0.39, 0.29) is 5.82 Å². The number of hydrogen-bond donors (Lipinski definition) is 0. The van der Waals surface area contributed by atoms with Crippen molar-refractivity contribution in [2.45, 2.75) is 32.1 Å². The van der Waals surface area contributed by atoms with Gasteiger partial charge in [0.2, 0.25) is 0 Å². The van der Waals surface area contributed by atoms with E-state index in [4.69, 9.17) is 23.2 Å². The second-order valence-corrected chi connectivity index (χ2v) is 5.61. The largest absolute Gasteiger partial charge is 0.207 e. The lowest BCUT2D eigenvalue weighted by Crippen LogP contribution is -2.16. The first-order valence-electron chi connectivity index (χ1n) is 6.20. The average Bonchev–Trinajstić information content (AvgIpc) is 2.81. The number of benzene rings is 1. The molecule has 0 nitrogen and oxygen atoms in total. The van der Waals surface area contributed by atoms with E-state index in [1.54, 1.807) is 6.07 Å². The number of hydrogen-bond acceptors (Lipinski definition) is 0. The molecule has 0 aliphatic heterocycles. The standard InChI is InChI=1S/C14H17Cl2F/c15-9-12(10-3-1-2-4-10)7-11-5-6-13(17)8-14(11)16/h5-6,8,10,12H,1-4,7,9H2. The minimum atomic E-state index is -0.276. The molecule has 1 aromatic carbocycles. The van der Waals surface area contributed by atoms with Crippen molar-refractivity contribution >= 4 is 23.2 Å². The zero-order valence-electron chi connectivity index (χ0n) is 9.76. The Balaban J connectivity index is 2.06. The smallest absolute Gasteiger partial charge is 0.124 e. The highest BCUT2D eigenvalue weighted by atomic mass is 35.5. The maximum atomic E-state index is 13.0. The van der Waals surface area contributed by atoms with E-state index in [1.165, 1.54) is 37.8 Å². The fourth-order valence-corrected chi connectivity index (χ4v) is 3.35. The molecule has 1 aliphatic rings. The summed E-state index contributed by atoms with van der Waals surface area (Å²) >= 11 is 12.1. The van der Waals surface area contributed by atoms with E-state index in [0.717, 1.165) is 12.0 Å². The first-order valence-corrected chi connectivity index (χ1v) is 7.12. The highest BCUT2D eigenvalue weighted by Crippen LogP contribution is 2.35. The number of alkyl halides is 1. The van der Waals surface area contributed by atoms with Crippen LogP contribution in [-0.4, -0.2) is 5.88 Å². The normalized spacial score (nSPS) is 18.5. The van der Waals surface area contributed by atoms with Crippen LogP contribution in [0.2, 0.25) is 5.02 Å². The summed E-state index contributed by atoms with van der Waals surface area (Å²) in [5, 5.41) is 0.526. The van der Waals surface area contributed by atoms with Gasteiger partial charge in [-0.3, -0.25) is 0 Å². The molecular formula is C14H17Cl2F. The Kier molecular flexibility index (Phi) is 4.69. The van der Waals surface area contributed by atoms with Crippen molar-refractivity contribution in [3.8, 4) is 0 Å². The van der Waals surface area contributed by atoms with Crippen LogP contribution in [0.5, 0.6) is 0 Å². The Labute approximate surface area is 112 Å². The first kappa shape index (κ1) is 13.2. The van der Waals surface area contributed by atoms with Crippen molar-refractivity contribution in [1.82, 2.24) is 0 Å².